The van der Waals surface area contributed by atoms with E-state index in [0.29, 0.717) is 23.7 Å². The van der Waals surface area contributed by atoms with Crippen LogP contribution >= 0.6 is 11.3 Å². The number of rotatable bonds is 6. The molecule has 2 heterocycles. The maximum absolute atomic E-state index is 12.6. The molecule has 0 aliphatic carbocycles. The smallest absolute Gasteiger partial charge is 0.261 e. The predicted molar refractivity (Wildman–Crippen MR) is 117 cm³/mol. The van der Waals surface area contributed by atoms with Crippen LogP contribution in [0.15, 0.2) is 41.3 Å². The number of likely N-dealkylation sites (tertiary alicyclic amines) is 1. The summed E-state index contributed by atoms with van der Waals surface area (Å²) in [6.07, 6.45) is 1.52. The van der Waals surface area contributed by atoms with Crippen LogP contribution in [0.4, 0.5) is 5.69 Å². The maximum Gasteiger partial charge on any atom is 0.261 e. The SMILES string of the molecule is Cc1ccc(C(=O)NC2CCN(C(C)C(=O)Nc3cccc(S(N)(=O)=O)c3)CC2)s1. The summed E-state index contributed by atoms with van der Waals surface area (Å²) in [4.78, 5) is 28.8. The minimum atomic E-state index is -3.83. The van der Waals surface area contributed by atoms with Crippen LogP contribution in [-0.4, -0.2) is 50.3 Å². The number of sulfonamides is 1. The number of anilines is 1. The van der Waals surface area contributed by atoms with Crippen LogP contribution < -0.4 is 15.8 Å². The quantitative estimate of drug-likeness (QED) is 0.621. The topological polar surface area (TPSA) is 122 Å². The molecule has 1 aliphatic heterocycles. The van der Waals surface area contributed by atoms with Gasteiger partial charge in [-0.05, 0) is 57.0 Å². The molecule has 1 aliphatic rings. The van der Waals surface area contributed by atoms with Crippen LogP contribution in [0, 0.1) is 6.92 Å². The summed E-state index contributed by atoms with van der Waals surface area (Å²) in [6.45, 7) is 5.14. The van der Waals surface area contributed by atoms with E-state index in [-0.39, 0.29) is 28.8 Å². The van der Waals surface area contributed by atoms with Crippen molar-refractivity contribution >= 4 is 38.9 Å². The normalized spacial score (nSPS) is 16.8. The Morgan fingerprint density at radius 2 is 1.90 bits per heavy atom. The minimum Gasteiger partial charge on any atom is -0.349 e. The third kappa shape index (κ3) is 5.66. The average Bonchev–Trinajstić information content (AvgIpc) is 3.14. The Bertz CT molecular complexity index is 1030. The minimum absolute atomic E-state index is 0.0490. The molecule has 30 heavy (non-hydrogen) atoms. The van der Waals surface area contributed by atoms with Crippen LogP contribution in [0.3, 0.4) is 0 Å². The van der Waals surface area contributed by atoms with Crippen LogP contribution in [0.2, 0.25) is 0 Å². The van der Waals surface area contributed by atoms with Crippen molar-refractivity contribution in [1.29, 1.82) is 0 Å². The largest absolute Gasteiger partial charge is 0.349 e. The van der Waals surface area contributed by atoms with Gasteiger partial charge in [-0.3, -0.25) is 14.5 Å². The van der Waals surface area contributed by atoms with E-state index in [1.165, 1.54) is 29.5 Å². The first-order chi connectivity index (χ1) is 14.1. The molecule has 0 radical (unpaired) electrons. The third-order valence-corrected chi connectivity index (χ3v) is 7.10. The monoisotopic (exact) mass is 450 g/mol. The number of nitrogens with two attached hydrogens (primary N) is 1. The standard InChI is InChI=1S/C20H26N4O4S2/c1-13-6-7-18(29-13)20(26)22-15-8-10-24(11-9-15)14(2)19(25)23-16-4-3-5-17(12-16)30(21,27)28/h3-7,12,14-15H,8-11H2,1-2H3,(H,22,26)(H,23,25)(H2,21,27,28). The van der Waals surface area contributed by atoms with Gasteiger partial charge in [0.2, 0.25) is 15.9 Å². The number of carbonyl (C=O) groups is 2. The number of piperidine rings is 1. The van der Waals surface area contributed by atoms with Crippen molar-refractivity contribution in [3.63, 3.8) is 0 Å². The van der Waals surface area contributed by atoms with Crippen molar-refractivity contribution in [2.75, 3.05) is 18.4 Å². The highest BCUT2D eigenvalue weighted by Crippen LogP contribution is 2.19. The zero-order valence-electron chi connectivity index (χ0n) is 16.9. The molecule has 162 valence electrons. The fourth-order valence-corrected chi connectivity index (χ4v) is 4.74. The molecule has 0 saturated carbocycles. The van der Waals surface area contributed by atoms with E-state index >= 15 is 0 Å². The summed E-state index contributed by atoms with van der Waals surface area (Å²) in [5.41, 5.74) is 0.381. The lowest BCUT2D eigenvalue weighted by molar-refractivity contribution is -0.121. The van der Waals surface area contributed by atoms with Gasteiger partial charge in [-0.25, -0.2) is 13.6 Å². The fraction of sp³-hybridized carbons (Fsp3) is 0.400. The molecular weight excluding hydrogens is 424 g/mol. The molecule has 3 rings (SSSR count). The van der Waals surface area contributed by atoms with Gasteiger partial charge in [0.25, 0.3) is 5.91 Å². The first kappa shape index (κ1) is 22.4. The number of benzene rings is 1. The van der Waals surface area contributed by atoms with Crippen LogP contribution in [-0.2, 0) is 14.8 Å². The van der Waals surface area contributed by atoms with E-state index in [4.69, 9.17) is 5.14 Å². The van der Waals surface area contributed by atoms with Crippen LogP contribution in [0.1, 0.15) is 34.3 Å². The van der Waals surface area contributed by atoms with E-state index in [2.05, 4.69) is 15.5 Å². The van der Waals surface area contributed by atoms with Crippen molar-refractivity contribution in [3.05, 3.63) is 46.2 Å². The summed E-state index contributed by atoms with van der Waals surface area (Å²) in [7, 11) is -3.83. The van der Waals surface area contributed by atoms with Crippen LogP contribution in [0.25, 0.3) is 0 Å². The summed E-state index contributed by atoms with van der Waals surface area (Å²) in [6, 6.07) is 9.33. The van der Waals surface area contributed by atoms with Gasteiger partial charge < -0.3 is 10.6 Å². The second-order valence-corrected chi connectivity index (χ2v) is 10.3. The number of thiophene rings is 1. The van der Waals surface area contributed by atoms with E-state index in [9.17, 15) is 18.0 Å². The molecule has 1 atom stereocenters. The summed E-state index contributed by atoms with van der Waals surface area (Å²) in [5.74, 6) is -0.273. The molecule has 4 N–H and O–H groups in total. The molecular formula is C20H26N4O4S2. The molecule has 1 aromatic heterocycles. The zero-order chi connectivity index (χ0) is 21.9. The average molecular weight is 451 g/mol. The lowest BCUT2D eigenvalue weighted by Gasteiger charge is -2.35. The van der Waals surface area contributed by atoms with Crippen molar-refractivity contribution in [2.24, 2.45) is 5.14 Å². The summed E-state index contributed by atoms with van der Waals surface area (Å²) >= 11 is 1.48. The van der Waals surface area contributed by atoms with Gasteiger partial charge in [-0.1, -0.05) is 6.07 Å². The second-order valence-electron chi connectivity index (χ2n) is 7.43. The van der Waals surface area contributed by atoms with E-state index in [0.717, 1.165) is 17.7 Å². The number of aryl methyl sites for hydroxylation is 1. The Morgan fingerprint density at radius 3 is 2.50 bits per heavy atom. The van der Waals surface area contributed by atoms with Crippen molar-refractivity contribution in [2.45, 2.75) is 43.7 Å². The predicted octanol–water partition coefficient (Wildman–Crippen LogP) is 1.93. The van der Waals surface area contributed by atoms with Gasteiger partial charge in [-0.2, -0.15) is 0 Å². The van der Waals surface area contributed by atoms with Gasteiger partial charge in [0.1, 0.15) is 0 Å². The Balaban J connectivity index is 1.51. The number of amides is 2. The first-order valence-corrected chi connectivity index (χ1v) is 12.0. The van der Waals surface area contributed by atoms with Gasteiger partial charge in [0.05, 0.1) is 15.8 Å². The molecule has 1 saturated heterocycles. The number of primary sulfonamides is 1. The summed E-state index contributed by atoms with van der Waals surface area (Å²) < 4.78 is 23.0. The van der Waals surface area contributed by atoms with E-state index in [1.54, 1.807) is 6.07 Å². The van der Waals surface area contributed by atoms with Crippen LogP contribution in [0.5, 0.6) is 0 Å². The van der Waals surface area contributed by atoms with Crippen molar-refractivity contribution < 1.29 is 18.0 Å². The molecule has 1 unspecified atom stereocenters. The Morgan fingerprint density at radius 1 is 1.20 bits per heavy atom. The molecule has 8 nitrogen and oxygen atoms in total. The highest BCUT2D eigenvalue weighted by Gasteiger charge is 2.27. The molecule has 10 heteroatoms. The molecule has 0 spiro atoms. The Kier molecular flexibility index (Phi) is 6.91. The zero-order valence-corrected chi connectivity index (χ0v) is 18.6. The molecule has 2 aromatic rings. The van der Waals surface area contributed by atoms with Crippen molar-refractivity contribution in [3.8, 4) is 0 Å². The number of carbonyl (C=O) groups excluding carboxylic acids is 2. The number of hydrogen-bond donors (Lipinski definition) is 3. The number of nitrogens with one attached hydrogen (secondary N) is 2. The van der Waals surface area contributed by atoms with Gasteiger partial charge >= 0.3 is 0 Å². The van der Waals surface area contributed by atoms with E-state index < -0.39 is 10.0 Å². The Hall–Kier alpha value is -2.27. The second kappa shape index (κ2) is 9.25. The summed E-state index contributed by atoms with van der Waals surface area (Å²) in [5, 5.41) is 11.0. The highest BCUT2D eigenvalue weighted by molar-refractivity contribution is 7.89. The molecule has 2 amide bonds. The maximum atomic E-state index is 12.6. The lowest BCUT2D eigenvalue weighted by atomic mass is 10.0. The van der Waals surface area contributed by atoms with Gasteiger partial charge in [0.15, 0.2) is 0 Å². The first-order valence-electron chi connectivity index (χ1n) is 9.68. The number of hydrogen-bond acceptors (Lipinski definition) is 6. The lowest BCUT2D eigenvalue weighted by Crippen LogP contribution is -2.50. The number of nitrogens with zero attached hydrogens (tertiary/aromatic N) is 1. The third-order valence-electron chi connectivity index (χ3n) is 5.19. The Labute approximate surface area is 180 Å². The van der Waals surface area contributed by atoms with Gasteiger partial charge in [-0.15, -0.1) is 11.3 Å². The highest BCUT2D eigenvalue weighted by atomic mass is 32.2. The van der Waals surface area contributed by atoms with E-state index in [1.807, 2.05) is 26.0 Å². The molecule has 0 bridgehead atoms. The molecule has 1 fully saturated rings. The van der Waals surface area contributed by atoms with Crippen molar-refractivity contribution in [1.82, 2.24) is 10.2 Å². The fourth-order valence-electron chi connectivity index (χ4n) is 3.41. The molecule has 1 aromatic carbocycles. The van der Waals surface area contributed by atoms with Gasteiger partial charge in [0, 0.05) is 29.7 Å².